The molecule has 0 saturated carbocycles. The summed E-state index contributed by atoms with van der Waals surface area (Å²) in [5.41, 5.74) is 5.31. The number of nitrogens with two attached hydrogens (primary N) is 1. The van der Waals surface area contributed by atoms with Crippen molar-refractivity contribution in [3.8, 4) is 0 Å². The molecular weight excluding hydrogens is 172 g/mol. The number of nitrogens with zero attached hydrogens (tertiary/aromatic N) is 1. The molecule has 0 saturated heterocycles. The van der Waals surface area contributed by atoms with E-state index in [0.29, 0.717) is 12.3 Å². The topological polar surface area (TPSA) is 56.0 Å². The molecule has 3 nitrogen and oxygen atoms in total. The second-order valence-corrected chi connectivity index (χ2v) is 3.95. The number of aromatic nitrogens is 1. The van der Waals surface area contributed by atoms with Crippen LogP contribution in [-0.2, 0) is 10.8 Å². The van der Waals surface area contributed by atoms with Crippen LogP contribution in [0.2, 0.25) is 0 Å². The van der Waals surface area contributed by atoms with Crippen molar-refractivity contribution < 1.29 is 4.21 Å². The Bertz CT molecular complexity index is 250. The van der Waals surface area contributed by atoms with Gasteiger partial charge in [-0.2, -0.15) is 0 Å². The Morgan fingerprint density at radius 1 is 1.42 bits per heavy atom. The molecule has 1 aromatic rings. The molecule has 66 valence electrons. The Hall–Kier alpha value is -0.740. The van der Waals surface area contributed by atoms with E-state index in [2.05, 4.69) is 4.98 Å². The zero-order valence-electron chi connectivity index (χ0n) is 6.77. The Morgan fingerprint density at radius 2 is 2.08 bits per heavy atom. The fraction of sp³-hybridized carbons (Fsp3) is 0.375. The monoisotopic (exact) mass is 184 g/mol. The second kappa shape index (κ2) is 5.00. The number of pyridine rings is 1. The molecule has 0 fully saturated rings. The zero-order valence-corrected chi connectivity index (χ0v) is 7.59. The molecule has 1 rings (SSSR count). The standard InChI is InChI=1S/C8H12N2OS/c9-4-1-7-12(11)8-2-5-10-6-3-8/h2-3,5-6H,1,4,7,9H2. The third-order valence-electron chi connectivity index (χ3n) is 1.45. The molecular formula is C8H12N2OS. The molecule has 0 radical (unpaired) electrons. The van der Waals surface area contributed by atoms with Gasteiger partial charge in [0.2, 0.25) is 0 Å². The smallest absolute Gasteiger partial charge is 0.0531 e. The molecule has 4 heteroatoms. The average Bonchev–Trinajstić information content (AvgIpc) is 2.15. The predicted octanol–water partition coefficient (Wildman–Crippen LogP) is 0.538. The van der Waals surface area contributed by atoms with E-state index < -0.39 is 10.8 Å². The lowest BCUT2D eigenvalue weighted by Gasteiger charge is -1.98. The minimum Gasteiger partial charge on any atom is -0.330 e. The third-order valence-corrected chi connectivity index (χ3v) is 2.90. The van der Waals surface area contributed by atoms with Gasteiger partial charge in [-0.05, 0) is 25.1 Å². The molecule has 12 heavy (non-hydrogen) atoms. The van der Waals surface area contributed by atoms with Crippen LogP contribution in [0.15, 0.2) is 29.4 Å². The summed E-state index contributed by atoms with van der Waals surface area (Å²) in [7, 11) is -0.903. The third kappa shape index (κ3) is 2.71. The molecule has 1 unspecified atom stereocenters. The zero-order chi connectivity index (χ0) is 8.81. The van der Waals surface area contributed by atoms with Gasteiger partial charge in [0.15, 0.2) is 0 Å². The largest absolute Gasteiger partial charge is 0.330 e. The fourth-order valence-electron chi connectivity index (χ4n) is 0.822. The highest BCUT2D eigenvalue weighted by molar-refractivity contribution is 7.85. The van der Waals surface area contributed by atoms with Crippen LogP contribution in [0.25, 0.3) is 0 Å². The van der Waals surface area contributed by atoms with E-state index in [4.69, 9.17) is 5.73 Å². The summed E-state index contributed by atoms with van der Waals surface area (Å²) in [6, 6.07) is 3.54. The molecule has 1 atom stereocenters. The van der Waals surface area contributed by atoms with Gasteiger partial charge in [0.1, 0.15) is 0 Å². The van der Waals surface area contributed by atoms with Crippen molar-refractivity contribution in [1.29, 1.82) is 0 Å². The first-order valence-electron chi connectivity index (χ1n) is 3.83. The minimum absolute atomic E-state index is 0.594. The highest BCUT2D eigenvalue weighted by atomic mass is 32.2. The number of hydrogen-bond acceptors (Lipinski definition) is 3. The van der Waals surface area contributed by atoms with Gasteiger partial charge in [0.25, 0.3) is 0 Å². The predicted molar refractivity (Wildman–Crippen MR) is 49.2 cm³/mol. The molecule has 1 heterocycles. The summed E-state index contributed by atoms with van der Waals surface area (Å²) in [5, 5.41) is 0. The highest BCUT2D eigenvalue weighted by Crippen LogP contribution is 2.04. The van der Waals surface area contributed by atoms with Crippen molar-refractivity contribution in [2.45, 2.75) is 11.3 Å². The summed E-state index contributed by atoms with van der Waals surface area (Å²) < 4.78 is 11.4. The first kappa shape index (κ1) is 9.35. The minimum atomic E-state index is -0.903. The first-order chi connectivity index (χ1) is 5.84. The van der Waals surface area contributed by atoms with Crippen molar-refractivity contribution in [1.82, 2.24) is 4.98 Å². The Morgan fingerprint density at radius 3 is 2.67 bits per heavy atom. The summed E-state index contributed by atoms with van der Waals surface area (Å²) in [6.45, 7) is 0.594. The maximum Gasteiger partial charge on any atom is 0.0531 e. The van der Waals surface area contributed by atoms with Gasteiger partial charge >= 0.3 is 0 Å². The SMILES string of the molecule is NCCCS(=O)c1ccncc1. The highest BCUT2D eigenvalue weighted by Gasteiger charge is 2.00. The van der Waals surface area contributed by atoms with Crippen molar-refractivity contribution >= 4 is 10.8 Å². The van der Waals surface area contributed by atoms with Gasteiger partial charge in [-0.3, -0.25) is 9.19 Å². The second-order valence-electron chi connectivity index (χ2n) is 2.37. The van der Waals surface area contributed by atoms with Gasteiger partial charge in [-0.1, -0.05) is 0 Å². The lowest BCUT2D eigenvalue weighted by Crippen LogP contribution is -2.05. The normalized spacial score (nSPS) is 12.8. The van der Waals surface area contributed by atoms with E-state index in [0.717, 1.165) is 11.3 Å². The van der Waals surface area contributed by atoms with Crippen molar-refractivity contribution in [3.63, 3.8) is 0 Å². The van der Waals surface area contributed by atoms with Crippen LogP contribution in [0.1, 0.15) is 6.42 Å². The van der Waals surface area contributed by atoms with Gasteiger partial charge < -0.3 is 5.73 Å². The molecule has 2 N–H and O–H groups in total. The van der Waals surface area contributed by atoms with E-state index in [1.165, 1.54) is 0 Å². The van der Waals surface area contributed by atoms with E-state index in [-0.39, 0.29) is 0 Å². The summed E-state index contributed by atoms with van der Waals surface area (Å²) >= 11 is 0. The van der Waals surface area contributed by atoms with Crippen LogP contribution in [-0.4, -0.2) is 21.5 Å². The molecule has 1 aromatic heterocycles. The molecule has 0 aliphatic rings. The first-order valence-corrected chi connectivity index (χ1v) is 5.15. The Labute approximate surface area is 74.5 Å². The van der Waals surface area contributed by atoms with Crippen LogP contribution in [0.5, 0.6) is 0 Å². The molecule has 0 aliphatic carbocycles. The van der Waals surface area contributed by atoms with Crippen LogP contribution in [0.4, 0.5) is 0 Å². The lowest BCUT2D eigenvalue weighted by molar-refractivity contribution is 0.680. The van der Waals surface area contributed by atoms with E-state index in [1.54, 1.807) is 24.5 Å². The molecule has 0 amide bonds. The molecule has 0 aromatic carbocycles. The van der Waals surface area contributed by atoms with Crippen molar-refractivity contribution in [3.05, 3.63) is 24.5 Å². The molecule has 0 bridgehead atoms. The van der Waals surface area contributed by atoms with E-state index in [1.807, 2.05) is 0 Å². The lowest BCUT2D eigenvalue weighted by atomic mass is 10.5. The summed E-state index contributed by atoms with van der Waals surface area (Å²) in [4.78, 5) is 4.68. The van der Waals surface area contributed by atoms with Crippen LogP contribution in [0, 0.1) is 0 Å². The van der Waals surface area contributed by atoms with Gasteiger partial charge in [0, 0.05) is 23.0 Å². The Balaban J connectivity index is 2.54. The van der Waals surface area contributed by atoms with Gasteiger partial charge in [-0.15, -0.1) is 0 Å². The maximum absolute atomic E-state index is 11.4. The fourth-order valence-corrected chi connectivity index (χ4v) is 1.91. The maximum atomic E-state index is 11.4. The van der Waals surface area contributed by atoms with Crippen LogP contribution >= 0.6 is 0 Å². The molecule has 0 spiro atoms. The van der Waals surface area contributed by atoms with Crippen LogP contribution < -0.4 is 5.73 Å². The Kier molecular flexibility index (Phi) is 3.90. The average molecular weight is 184 g/mol. The van der Waals surface area contributed by atoms with Gasteiger partial charge in [0.05, 0.1) is 10.8 Å². The van der Waals surface area contributed by atoms with Crippen molar-refractivity contribution in [2.75, 3.05) is 12.3 Å². The number of rotatable bonds is 4. The van der Waals surface area contributed by atoms with E-state index in [9.17, 15) is 4.21 Å². The quantitative estimate of drug-likeness (QED) is 0.743. The molecule has 0 aliphatic heterocycles. The van der Waals surface area contributed by atoms with Crippen LogP contribution in [0.3, 0.4) is 0 Å². The number of hydrogen-bond donors (Lipinski definition) is 1. The summed E-state index contributed by atoms with van der Waals surface area (Å²) in [6.07, 6.45) is 4.10. The summed E-state index contributed by atoms with van der Waals surface area (Å²) in [5.74, 6) is 0.639. The van der Waals surface area contributed by atoms with E-state index >= 15 is 0 Å². The van der Waals surface area contributed by atoms with Gasteiger partial charge in [-0.25, -0.2) is 0 Å². The van der Waals surface area contributed by atoms with Crippen molar-refractivity contribution in [2.24, 2.45) is 5.73 Å².